The third-order valence-corrected chi connectivity index (χ3v) is 6.43. The molecule has 1 atom stereocenters. The third kappa shape index (κ3) is 4.86. The minimum absolute atomic E-state index is 0.170. The normalized spacial score (nSPS) is 17.9. The van der Waals surface area contributed by atoms with E-state index in [1.807, 2.05) is 36.1 Å². The lowest BCUT2D eigenvalue weighted by Gasteiger charge is -2.37. The summed E-state index contributed by atoms with van der Waals surface area (Å²) in [5, 5.41) is 10.9. The Balaban J connectivity index is 1.36. The first-order valence-electron chi connectivity index (χ1n) is 11.3. The van der Waals surface area contributed by atoms with Crippen LogP contribution in [-0.4, -0.2) is 62.3 Å². The van der Waals surface area contributed by atoms with Gasteiger partial charge in [0.25, 0.3) is 0 Å². The van der Waals surface area contributed by atoms with Crippen molar-refractivity contribution in [1.29, 1.82) is 0 Å². The lowest BCUT2D eigenvalue weighted by atomic mass is 9.96. The smallest absolute Gasteiger partial charge is 0.226 e. The highest BCUT2D eigenvalue weighted by atomic mass is 16.5. The first-order valence-corrected chi connectivity index (χ1v) is 11.3. The van der Waals surface area contributed by atoms with Crippen LogP contribution in [0.1, 0.15) is 37.0 Å². The Morgan fingerprint density at radius 2 is 1.90 bits per heavy atom. The van der Waals surface area contributed by atoms with Gasteiger partial charge in [0.05, 0.1) is 13.2 Å². The number of fused-ring (bicyclic) bond motifs is 1. The van der Waals surface area contributed by atoms with Gasteiger partial charge in [0.2, 0.25) is 5.91 Å². The van der Waals surface area contributed by atoms with E-state index in [2.05, 4.69) is 28.0 Å². The van der Waals surface area contributed by atoms with E-state index in [0.29, 0.717) is 13.0 Å². The molecule has 0 aromatic heterocycles. The van der Waals surface area contributed by atoms with Gasteiger partial charge in [0.15, 0.2) is 0 Å². The zero-order chi connectivity index (χ0) is 21.8. The second-order valence-electron chi connectivity index (χ2n) is 8.40. The van der Waals surface area contributed by atoms with Crippen molar-refractivity contribution in [3.63, 3.8) is 0 Å². The number of amides is 1. The van der Waals surface area contributed by atoms with Crippen LogP contribution < -0.4 is 14.5 Å². The molecule has 2 aliphatic heterocycles. The lowest BCUT2D eigenvalue weighted by Crippen LogP contribution is -2.47. The van der Waals surface area contributed by atoms with Crippen LogP contribution in [0.3, 0.4) is 0 Å². The highest BCUT2D eigenvalue weighted by Crippen LogP contribution is 2.31. The van der Waals surface area contributed by atoms with E-state index < -0.39 is 6.10 Å². The molecule has 0 unspecified atom stereocenters. The number of benzene rings is 2. The molecule has 0 spiro atoms. The predicted octanol–water partition coefficient (Wildman–Crippen LogP) is 3.24. The van der Waals surface area contributed by atoms with Gasteiger partial charge < -0.3 is 19.6 Å². The Hall–Kier alpha value is -2.57. The standard InChI is InChI=1S/C25H33N3O3/c1-3-25(30)28-11-5-6-19-16-20(9-10-23(19)28)24(29)18-26-12-14-27(15-13-26)21-7-4-8-22(17-21)31-2/h4,7-10,16-17,24,29H,3,5-6,11-15,18H2,1-2H3/t24-/m0/s1. The summed E-state index contributed by atoms with van der Waals surface area (Å²) in [5.74, 6) is 1.05. The number of β-amino-alcohol motifs (C(OH)–C–C–N with tert-alkyl or cyclic N) is 1. The van der Waals surface area contributed by atoms with Crippen LogP contribution in [0, 0.1) is 0 Å². The van der Waals surface area contributed by atoms with Gasteiger partial charge in [0.1, 0.15) is 5.75 Å². The summed E-state index contributed by atoms with van der Waals surface area (Å²) in [7, 11) is 1.69. The molecule has 2 aromatic rings. The summed E-state index contributed by atoms with van der Waals surface area (Å²) < 4.78 is 5.34. The topological polar surface area (TPSA) is 56.3 Å². The molecular formula is C25H33N3O3. The molecule has 4 rings (SSSR count). The van der Waals surface area contributed by atoms with E-state index in [9.17, 15) is 9.90 Å². The zero-order valence-electron chi connectivity index (χ0n) is 18.6. The van der Waals surface area contributed by atoms with Crippen LogP contribution in [-0.2, 0) is 11.2 Å². The van der Waals surface area contributed by atoms with Crippen molar-refractivity contribution in [3.05, 3.63) is 53.6 Å². The van der Waals surface area contributed by atoms with Crippen LogP contribution in [0.5, 0.6) is 5.75 Å². The van der Waals surface area contributed by atoms with Gasteiger partial charge in [-0.1, -0.05) is 25.1 Å². The fourth-order valence-electron chi connectivity index (χ4n) is 4.62. The van der Waals surface area contributed by atoms with Crippen LogP contribution in [0.4, 0.5) is 11.4 Å². The number of hydrogen-bond donors (Lipinski definition) is 1. The maximum atomic E-state index is 12.2. The van der Waals surface area contributed by atoms with E-state index >= 15 is 0 Å². The number of methoxy groups -OCH3 is 1. The van der Waals surface area contributed by atoms with Crippen molar-refractivity contribution >= 4 is 17.3 Å². The van der Waals surface area contributed by atoms with Gasteiger partial charge >= 0.3 is 0 Å². The molecule has 1 amide bonds. The summed E-state index contributed by atoms with van der Waals surface area (Å²) in [6, 6.07) is 14.3. The maximum Gasteiger partial charge on any atom is 0.226 e. The van der Waals surface area contributed by atoms with Crippen molar-refractivity contribution in [2.45, 2.75) is 32.3 Å². The number of ether oxygens (including phenoxy) is 1. The van der Waals surface area contributed by atoms with E-state index in [1.54, 1.807) is 7.11 Å². The quantitative estimate of drug-likeness (QED) is 0.773. The second-order valence-corrected chi connectivity index (χ2v) is 8.40. The summed E-state index contributed by atoms with van der Waals surface area (Å²) in [5.41, 5.74) is 4.31. The molecule has 0 bridgehead atoms. The van der Waals surface area contributed by atoms with Crippen LogP contribution in [0.2, 0.25) is 0 Å². The van der Waals surface area contributed by atoms with E-state index in [4.69, 9.17) is 4.74 Å². The van der Waals surface area contributed by atoms with Crippen molar-refractivity contribution in [1.82, 2.24) is 4.90 Å². The Kier molecular flexibility index (Phi) is 6.78. The maximum absolute atomic E-state index is 12.2. The number of rotatable bonds is 6. The number of carbonyl (C=O) groups excluding carboxylic acids is 1. The van der Waals surface area contributed by atoms with Crippen molar-refractivity contribution in [2.24, 2.45) is 0 Å². The molecule has 6 nitrogen and oxygen atoms in total. The van der Waals surface area contributed by atoms with Crippen molar-refractivity contribution in [2.75, 3.05) is 56.2 Å². The zero-order valence-corrected chi connectivity index (χ0v) is 18.6. The summed E-state index contributed by atoms with van der Waals surface area (Å²) in [6.45, 7) is 7.01. The average Bonchev–Trinajstić information content (AvgIpc) is 2.83. The molecule has 2 aromatic carbocycles. The highest BCUT2D eigenvalue weighted by molar-refractivity contribution is 5.94. The van der Waals surface area contributed by atoms with Crippen molar-refractivity contribution < 1.29 is 14.6 Å². The number of carbonyl (C=O) groups is 1. The van der Waals surface area contributed by atoms with Gasteiger partial charge in [-0.2, -0.15) is 0 Å². The number of aliphatic hydroxyl groups is 1. The number of aryl methyl sites for hydroxylation is 1. The number of piperazine rings is 1. The van der Waals surface area contributed by atoms with Gasteiger partial charge in [-0.3, -0.25) is 9.69 Å². The molecule has 1 saturated heterocycles. The van der Waals surface area contributed by atoms with E-state index in [-0.39, 0.29) is 5.91 Å². The summed E-state index contributed by atoms with van der Waals surface area (Å²) in [4.78, 5) is 18.8. The van der Waals surface area contributed by atoms with Crippen LogP contribution >= 0.6 is 0 Å². The number of aliphatic hydroxyl groups excluding tert-OH is 1. The van der Waals surface area contributed by atoms with Gasteiger partial charge in [0, 0.05) is 63.1 Å². The molecule has 1 N–H and O–H groups in total. The molecule has 0 saturated carbocycles. The molecule has 2 heterocycles. The molecule has 31 heavy (non-hydrogen) atoms. The molecule has 0 radical (unpaired) electrons. The van der Waals surface area contributed by atoms with Crippen LogP contribution in [0.15, 0.2) is 42.5 Å². The fourth-order valence-corrected chi connectivity index (χ4v) is 4.62. The molecule has 2 aliphatic rings. The van der Waals surface area contributed by atoms with E-state index in [1.165, 1.54) is 11.3 Å². The lowest BCUT2D eigenvalue weighted by molar-refractivity contribution is -0.118. The van der Waals surface area contributed by atoms with E-state index in [0.717, 1.165) is 62.6 Å². The minimum Gasteiger partial charge on any atom is -0.497 e. The third-order valence-electron chi connectivity index (χ3n) is 6.43. The Labute approximate surface area is 185 Å². The SMILES string of the molecule is CCC(=O)N1CCCc2cc([C@@H](O)CN3CCN(c4cccc(OC)c4)CC3)ccc21. The number of anilines is 2. The first kappa shape index (κ1) is 21.7. The fraction of sp³-hybridized carbons (Fsp3) is 0.480. The monoisotopic (exact) mass is 423 g/mol. The van der Waals surface area contributed by atoms with Crippen molar-refractivity contribution in [3.8, 4) is 5.75 Å². The second kappa shape index (κ2) is 9.71. The molecule has 6 heteroatoms. The Morgan fingerprint density at radius 1 is 1.10 bits per heavy atom. The van der Waals surface area contributed by atoms with Gasteiger partial charge in [-0.05, 0) is 42.2 Å². The largest absolute Gasteiger partial charge is 0.497 e. The molecule has 1 fully saturated rings. The minimum atomic E-state index is -0.522. The molecular weight excluding hydrogens is 390 g/mol. The first-order chi connectivity index (χ1) is 15.1. The molecule has 166 valence electrons. The van der Waals surface area contributed by atoms with Gasteiger partial charge in [-0.25, -0.2) is 0 Å². The summed E-state index contributed by atoms with van der Waals surface area (Å²) >= 11 is 0. The Bertz CT molecular complexity index is 909. The van der Waals surface area contributed by atoms with Crippen LogP contribution in [0.25, 0.3) is 0 Å². The highest BCUT2D eigenvalue weighted by Gasteiger charge is 2.24. The Morgan fingerprint density at radius 3 is 2.65 bits per heavy atom. The number of hydrogen-bond acceptors (Lipinski definition) is 5. The molecule has 0 aliphatic carbocycles. The number of nitrogens with zero attached hydrogens (tertiary/aromatic N) is 3. The average molecular weight is 424 g/mol. The summed E-state index contributed by atoms with van der Waals surface area (Å²) in [6.07, 6.45) is 1.93. The predicted molar refractivity (Wildman–Crippen MR) is 124 cm³/mol. The van der Waals surface area contributed by atoms with Gasteiger partial charge in [-0.15, -0.1) is 0 Å².